The zero-order valence-electron chi connectivity index (χ0n) is 30.2. The second kappa shape index (κ2) is 18.0. The van der Waals surface area contributed by atoms with E-state index >= 15 is 0 Å². The van der Waals surface area contributed by atoms with Crippen LogP contribution in [-0.4, -0.2) is 18.0 Å². The number of amides is 1. The molecule has 6 aromatic rings. The summed E-state index contributed by atoms with van der Waals surface area (Å²) in [6.07, 6.45) is -9.46. The Morgan fingerprint density at radius 2 is 1.18 bits per heavy atom. The van der Waals surface area contributed by atoms with E-state index in [2.05, 4.69) is 35.5 Å². The van der Waals surface area contributed by atoms with Gasteiger partial charge in [0.2, 0.25) is 0 Å². The maximum Gasteiger partial charge on any atom is 0.408 e. The predicted octanol–water partition coefficient (Wildman–Crippen LogP) is 12.8. The Bertz CT molecular complexity index is 2290. The van der Waals surface area contributed by atoms with Gasteiger partial charge in [-0.3, -0.25) is 4.39 Å². The Morgan fingerprint density at radius 3 is 1.57 bits per heavy atom. The molecule has 0 spiro atoms. The van der Waals surface area contributed by atoms with Gasteiger partial charge in [0, 0.05) is 16.6 Å². The van der Waals surface area contributed by atoms with Crippen LogP contribution in [0.3, 0.4) is 0 Å². The van der Waals surface area contributed by atoms with Crippen LogP contribution in [0.25, 0.3) is 20.6 Å². The molecule has 0 unspecified atom stereocenters. The molecule has 0 saturated carbocycles. The van der Waals surface area contributed by atoms with Crippen LogP contribution in [0.5, 0.6) is 0 Å². The molecule has 0 aliphatic carbocycles. The molecule has 5 nitrogen and oxygen atoms in total. The fourth-order valence-corrected chi connectivity index (χ4v) is 14.1. The van der Waals surface area contributed by atoms with Crippen molar-refractivity contribution in [3.05, 3.63) is 167 Å². The molecule has 1 amide bonds. The number of anilines is 1. The number of nitrogens with one attached hydrogen (secondary N) is 2. The first-order valence-corrected chi connectivity index (χ1v) is 20.6. The zero-order chi connectivity index (χ0) is 41.3. The molecule has 0 saturated heterocycles. The monoisotopic (exact) mass is 857 g/mol. The number of H-pyrrole nitrogens is 1. The summed E-state index contributed by atoms with van der Waals surface area (Å²) in [6.45, 7) is 17.2. The first-order chi connectivity index (χ1) is 26.4. The van der Waals surface area contributed by atoms with Gasteiger partial charge in [0.1, 0.15) is 0 Å². The van der Waals surface area contributed by atoms with Gasteiger partial charge in [0.15, 0.2) is 5.69 Å². The van der Waals surface area contributed by atoms with E-state index in [-0.39, 0.29) is 35.9 Å². The van der Waals surface area contributed by atoms with E-state index in [0.29, 0.717) is 11.2 Å². The summed E-state index contributed by atoms with van der Waals surface area (Å²) in [7, 11) is -1.00. The van der Waals surface area contributed by atoms with E-state index < -0.39 is 47.5 Å². The molecule has 0 aliphatic rings. The van der Waals surface area contributed by atoms with E-state index in [1.165, 1.54) is 31.2 Å². The topological polar surface area (TPSA) is 53.6 Å². The Morgan fingerprint density at radius 1 is 0.768 bits per heavy atom. The quantitative estimate of drug-likeness (QED) is 0.0978. The molecule has 5 aromatic carbocycles. The molecular weight excluding hydrogens is 820 g/mol. The fourth-order valence-electron chi connectivity index (χ4n) is 6.47. The largest absolute Gasteiger partial charge is 0.408 e. The molecule has 0 aliphatic heterocycles. The number of aromatic amines is 1. The molecular formula is C42H37BrF7N4OP. The zero-order valence-corrected chi connectivity index (χ0v) is 31.7. The summed E-state index contributed by atoms with van der Waals surface area (Å²) in [4.78, 5) is 21.0. The number of hydrogen-bond acceptors (Lipinski definition) is 1. The van der Waals surface area contributed by atoms with Crippen molar-refractivity contribution in [2.24, 2.45) is 0 Å². The number of fused-ring (bicyclic) bond motifs is 1. The van der Waals surface area contributed by atoms with Gasteiger partial charge in [0.25, 0.3) is 0 Å². The van der Waals surface area contributed by atoms with Crippen molar-refractivity contribution in [3.63, 3.8) is 0 Å². The van der Waals surface area contributed by atoms with E-state index in [1.807, 2.05) is 91.0 Å². The number of aryl methyl sites for hydroxylation is 1. The number of hydrogen-bond donors (Lipinski definition) is 2. The first kappa shape index (κ1) is 43.2. The van der Waals surface area contributed by atoms with Gasteiger partial charge in [0.05, 0.1) is 20.7 Å². The normalized spacial score (nSPS) is 12.1. The average Bonchev–Trinajstić information content (AvgIpc) is 3.55. The fraction of sp³-hybridized carbons (Fsp3) is 0.167. The molecule has 0 bridgehead atoms. The molecule has 292 valence electrons. The SMILES string of the molecule is C.[2H]CF.[C-]#[N+]c1ccc(NC(C)=O)c(CP(Br)(c2ccccc2)(c2ccccc2)c2ccccc2)c1C(F)(F)F.[C-]#[N+]c1ccc2[nH]c(C)cc2c1C(F)(F)F. The number of halogens is 8. The van der Waals surface area contributed by atoms with Crippen LogP contribution < -0.4 is 21.2 Å². The van der Waals surface area contributed by atoms with Crippen LogP contribution in [0, 0.1) is 20.1 Å². The maximum absolute atomic E-state index is 14.7. The third kappa shape index (κ3) is 8.97. The Labute approximate surface area is 330 Å². The van der Waals surface area contributed by atoms with E-state index in [4.69, 9.17) is 14.5 Å². The summed E-state index contributed by atoms with van der Waals surface area (Å²) in [6, 6.07) is 34.8. The standard InChI is InChI=1S/C29H23BrF3N2OP.C11H7F3N2.CH3F.CH4/c1-21(36)35-26-18-19-27(34-2)28(29(31,32)33)25(26)20-37(30,22-12-6-3-7-13-22,23-14-8-4-9-15-23)24-16-10-5-11-17-24;1-6-5-7-8(16-6)3-4-9(15-2)10(7)11(12,13)14;1-2;/h3-19H,20H2,1H3,(H,35,36);3-5,16H,1H3;1H3;1H4/i;;1D;. The van der Waals surface area contributed by atoms with Crippen LogP contribution in [-0.2, 0) is 23.3 Å². The molecule has 0 radical (unpaired) electrons. The van der Waals surface area contributed by atoms with Gasteiger partial charge in [-0.1, -0.05) is 13.5 Å². The minimum absolute atomic E-state index is 0. The van der Waals surface area contributed by atoms with Gasteiger partial charge >= 0.3 is 228 Å². The Hall–Kier alpha value is -5.49. The van der Waals surface area contributed by atoms with Gasteiger partial charge in [-0.25, -0.2) is 4.85 Å². The third-order valence-electron chi connectivity index (χ3n) is 8.66. The van der Waals surface area contributed by atoms with Crippen molar-refractivity contribution in [1.29, 1.82) is 0 Å². The molecule has 0 fully saturated rings. The summed E-state index contributed by atoms with van der Waals surface area (Å²) in [5, 5.41) is 1.24. The minimum Gasteiger partial charge on any atom is -0.359 e. The van der Waals surface area contributed by atoms with E-state index in [1.54, 1.807) is 6.92 Å². The van der Waals surface area contributed by atoms with E-state index in [0.717, 1.165) is 22.0 Å². The van der Waals surface area contributed by atoms with Gasteiger partial charge in [-0.2, -0.15) is 13.2 Å². The van der Waals surface area contributed by atoms with Crippen LogP contribution in [0.1, 0.15) is 38.1 Å². The smallest absolute Gasteiger partial charge is 0.359 e. The number of aromatic nitrogens is 1. The van der Waals surface area contributed by atoms with Crippen molar-refractivity contribution in [1.82, 2.24) is 4.98 Å². The summed E-state index contributed by atoms with van der Waals surface area (Å²) in [5.41, 5.74) is -1.83. The van der Waals surface area contributed by atoms with E-state index in [9.17, 15) is 35.5 Å². The molecule has 14 heteroatoms. The Kier molecular flexibility index (Phi) is 13.9. The molecule has 0 atom stereocenters. The maximum atomic E-state index is 14.7. The van der Waals surface area contributed by atoms with Crippen molar-refractivity contribution in [2.75, 3.05) is 12.5 Å². The molecule has 1 aromatic heterocycles. The number of carbonyl (C=O) groups excluding carboxylic acids is 1. The summed E-state index contributed by atoms with van der Waals surface area (Å²) >= 11 is 4.18. The second-order valence-corrected chi connectivity index (χ2v) is 21.0. The number of rotatable bonds is 6. The van der Waals surface area contributed by atoms with Crippen molar-refractivity contribution < 1.29 is 36.9 Å². The van der Waals surface area contributed by atoms with Gasteiger partial charge in [-0.15, -0.1) is 0 Å². The van der Waals surface area contributed by atoms with Crippen LogP contribution in [0.2, 0.25) is 0 Å². The number of alkyl halides is 7. The molecule has 2 N–H and O–H groups in total. The average molecular weight is 859 g/mol. The second-order valence-electron chi connectivity index (χ2n) is 12.1. The third-order valence-corrected chi connectivity index (χ3v) is 18.1. The molecule has 56 heavy (non-hydrogen) atoms. The van der Waals surface area contributed by atoms with Crippen LogP contribution in [0.15, 0.2) is 121 Å². The molecule has 1 heterocycles. The Balaban J connectivity index is 0.000000362. The van der Waals surface area contributed by atoms with Gasteiger partial charge < -0.3 is 4.98 Å². The number of benzene rings is 5. The van der Waals surface area contributed by atoms with Crippen molar-refractivity contribution >= 4 is 70.6 Å². The van der Waals surface area contributed by atoms with Crippen molar-refractivity contribution in [2.45, 2.75) is 39.8 Å². The minimum atomic E-state index is -4.82. The number of nitrogens with zero attached hydrogens (tertiary/aromatic N) is 2. The van der Waals surface area contributed by atoms with Crippen LogP contribution in [0.4, 0.5) is 47.8 Å². The first-order valence-electron chi connectivity index (χ1n) is 16.8. The summed E-state index contributed by atoms with van der Waals surface area (Å²) in [5.74, 6) is -0.501. The van der Waals surface area contributed by atoms with Crippen molar-refractivity contribution in [3.8, 4) is 0 Å². The number of carbonyl (C=O) groups is 1. The summed E-state index contributed by atoms with van der Waals surface area (Å²) < 4.78 is 97.9. The van der Waals surface area contributed by atoms with Gasteiger partial charge in [-0.05, 0) is 19.1 Å². The predicted molar refractivity (Wildman–Crippen MR) is 218 cm³/mol. The molecule has 6 rings (SSSR count). The van der Waals surface area contributed by atoms with Crippen LogP contribution >= 0.6 is 20.8 Å².